The molecule has 0 radical (unpaired) electrons. The molecule has 0 spiro atoms. The predicted molar refractivity (Wildman–Crippen MR) is 66.1 cm³/mol. The molecule has 0 aliphatic carbocycles. The normalized spacial score (nSPS) is 53.5. The van der Waals surface area contributed by atoms with Gasteiger partial charge in [-0.1, -0.05) is 0 Å². The largest absolute Gasteiger partial charge is 0.394 e. The Morgan fingerprint density at radius 1 is 0.955 bits per heavy atom. The number of rotatable bonds is 3. The highest BCUT2D eigenvalue weighted by Gasteiger charge is 2.50. The average Bonchev–Trinajstić information content (AvgIpc) is 2.49. The van der Waals surface area contributed by atoms with Crippen LogP contribution in [0.5, 0.6) is 0 Å². The van der Waals surface area contributed by atoms with Crippen LogP contribution in [0.1, 0.15) is 6.92 Å². The molecule has 2 saturated heterocycles. The van der Waals surface area contributed by atoms with Gasteiger partial charge in [0.1, 0.15) is 36.6 Å². The summed E-state index contributed by atoms with van der Waals surface area (Å²) in [7, 11) is 0. The zero-order chi connectivity index (χ0) is 16.6. The Hall–Kier alpha value is -0.430. The maximum Gasteiger partial charge on any atom is 0.187 e. The Morgan fingerprint density at radius 3 is 2.18 bits per heavy atom. The molecule has 2 aliphatic heterocycles. The van der Waals surface area contributed by atoms with Gasteiger partial charge in [-0.25, -0.2) is 4.39 Å². The molecule has 2 rings (SSSR count). The van der Waals surface area contributed by atoms with Crippen molar-refractivity contribution in [2.24, 2.45) is 0 Å². The lowest BCUT2D eigenvalue weighted by Crippen LogP contribution is -2.62. The third-order valence-electron chi connectivity index (χ3n) is 3.89. The van der Waals surface area contributed by atoms with Gasteiger partial charge < -0.3 is 44.8 Å². The first-order valence-electron chi connectivity index (χ1n) is 6.89. The number of aliphatic hydroxyl groups excluding tert-OH is 6. The quantitative estimate of drug-likeness (QED) is 0.312. The zero-order valence-electron chi connectivity index (χ0n) is 11.8. The van der Waals surface area contributed by atoms with E-state index in [1.165, 1.54) is 6.92 Å². The topological polar surface area (TPSA) is 149 Å². The molecule has 10 atom stereocenters. The Morgan fingerprint density at radius 2 is 1.59 bits per heavy atom. The van der Waals surface area contributed by atoms with Crippen LogP contribution in [0.25, 0.3) is 0 Å². The first kappa shape index (κ1) is 17.9. The summed E-state index contributed by atoms with van der Waals surface area (Å²) >= 11 is 0. The second-order valence-electron chi connectivity index (χ2n) is 5.46. The fourth-order valence-electron chi connectivity index (χ4n) is 2.47. The maximum absolute atomic E-state index is 13.8. The number of aliphatic hydroxyl groups is 6. The van der Waals surface area contributed by atoms with Crippen LogP contribution < -0.4 is 0 Å². The van der Waals surface area contributed by atoms with Crippen LogP contribution in [0.3, 0.4) is 0 Å². The van der Waals surface area contributed by atoms with Gasteiger partial charge in [0.05, 0.1) is 12.7 Å². The van der Waals surface area contributed by atoms with Gasteiger partial charge >= 0.3 is 0 Å². The molecule has 9 nitrogen and oxygen atoms in total. The lowest BCUT2D eigenvalue weighted by atomic mass is 9.98. The van der Waals surface area contributed by atoms with Crippen LogP contribution in [0, 0.1) is 0 Å². The van der Waals surface area contributed by atoms with Crippen molar-refractivity contribution in [1.82, 2.24) is 0 Å². The molecule has 2 heterocycles. The number of ether oxygens (including phenoxy) is 3. The van der Waals surface area contributed by atoms with Gasteiger partial charge in [-0.15, -0.1) is 0 Å². The summed E-state index contributed by atoms with van der Waals surface area (Å²) in [6.45, 7) is 0.673. The highest BCUT2D eigenvalue weighted by Crippen LogP contribution is 2.29. The van der Waals surface area contributed by atoms with Crippen LogP contribution in [-0.4, -0.2) is 98.7 Å². The lowest BCUT2D eigenvalue weighted by molar-refractivity contribution is -0.354. The van der Waals surface area contributed by atoms with E-state index < -0.39 is 68.1 Å². The van der Waals surface area contributed by atoms with Gasteiger partial charge in [0, 0.05) is 0 Å². The van der Waals surface area contributed by atoms with Crippen LogP contribution in [0.15, 0.2) is 0 Å². The summed E-state index contributed by atoms with van der Waals surface area (Å²) in [5.74, 6) is 0. The first-order valence-corrected chi connectivity index (χ1v) is 6.89. The SMILES string of the molecule is C[C@@H]1O[C@@H](O[C@H]2C(O)O[C@H](CO)[C@H](F)[C@@H]2O)[C@H](O)[C@H](O)[C@H]1O. The van der Waals surface area contributed by atoms with E-state index in [1.54, 1.807) is 0 Å². The zero-order valence-corrected chi connectivity index (χ0v) is 11.8. The van der Waals surface area contributed by atoms with E-state index in [0.717, 1.165) is 0 Å². The molecule has 0 aromatic carbocycles. The molecule has 0 amide bonds. The second-order valence-corrected chi connectivity index (χ2v) is 5.46. The van der Waals surface area contributed by atoms with Gasteiger partial charge in [0.2, 0.25) is 0 Å². The summed E-state index contributed by atoms with van der Waals surface area (Å²) in [5, 5.41) is 57.4. The Kier molecular flexibility index (Phi) is 5.69. The highest BCUT2D eigenvalue weighted by molar-refractivity contribution is 4.92. The maximum atomic E-state index is 13.8. The Labute approximate surface area is 125 Å². The van der Waals surface area contributed by atoms with E-state index in [0.29, 0.717) is 0 Å². The molecule has 6 N–H and O–H groups in total. The Bertz CT molecular complexity index is 373. The number of hydrogen-bond donors (Lipinski definition) is 6. The van der Waals surface area contributed by atoms with Crippen molar-refractivity contribution in [3.8, 4) is 0 Å². The fourth-order valence-corrected chi connectivity index (χ4v) is 2.47. The first-order chi connectivity index (χ1) is 10.3. The van der Waals surface area contributed by atoms with E-state index in [2.05, 4.69) is 0 Å². The summed E-state index contributed by atoms with van der Waals surface area (Å²) in [4.78, 5) is 0. The molecule has 22 heavy (non-hydrogen) atoms. The van der Waals surface area contributed by atoms with Crippen molar-refractivity contribution in [2.45, 2.75) is 68.4 Å². The lowest BCUT2D eigenvalue weighted by Gasteiger charge is -2.44. The van der Waals surface area contributed by atoms with Crippen LogP contribution in [0.2, 0.25) is 0 Å². The van der Waals surface area contributed by atoms with Crippen molar-refractivity contribution in [1.29, 1.82) is 0 Å². The molecule has 0 saturated carbocycles. The molecule has 2 fully saturated rings. The monoisotopic (exact) mass is 328 g/mol. The molecule has 1 unspecified atom stereocenters. The van der Waals surface area contributed by atoms with E-state index in [4.69, 9.17) is 19.3 Å². The van der Waals surface area contributed by atoms with Gasteiger partial charge in [0.25, 0.3) is 0 Å². The van der Waals surface area contributed by atoms with Crippen molar-refractivity contribution in [3.63, 3.8) is 0 Å². The highest BCUT2D eigenvalue weighted by atomic mass is 19.1. The number of alkyl halides is 1. The van der Waals surface area contributed by atoms with E-state index in [1.807, 2.05) is 0 Å². The van der Waals surface area contributed by atoms with Crippen LogP contribution in [-0.2, 0) is 14.2 Å². The van der Waals surface area contributed by atoms with Crippen LogP contribution in [0.4, 0.5) is 4.39 Å². The summed E-state index contributed by atoms with van der Waals surface area (Å²) in [6, 6.07) is 0. The molecular weight excluding hydrogens is 307 g/mol. The summed E-state index contributed by atoms with van der Waals surface area (Å²) in [5.41, 5.74) is 0. The molecule has 10 heteroatoms. The standard InChI is InChI=1S/C12H21FO9/c1-3-6(15)8(17)9(18)12(20-3)22-10-7(16)5(13)4(2-14)21-11(10)19/h3-12,14-19H,2H2,1H3/t3-,4+,5-,6-,7-,8+,9+,10+,11?,12-/m0/s1. The van der Waals surface area contributed by atoms with Gasteiger partial charge in [0.15, 0.2) is 18.8 Å². The minimum Gasteiger partial charge on any atom is -0.394 e. The van der Waals surface area contributed by atoms with Gasteiger partial charge in [-0.3, -0.25) is 0 Å². The third kappa shape index (κ3) is 3.25. The Balaban J connectivity index is 2.06. The predicted octanol–water partition coefficient (Wildman–Crippen LogP) is -3.39. The van der Waals surface area contributed by atoms with Crippen LogP contribution >= 0.6 is 0 Å². The van der Waals surface area contributed by atoms with Crippen molar-refractivity contribution in [2.75, 3.05) is 6.61 Å². The smallest absolute Gasteiger partial charge is 0.187 e. The molecule has 0 bridgehead atoms. The van der Waals surface area contributed by atoms with Crippen molar-refractivity contribution in [3.05, 3.63) is 0 Å². The molecule has 130 valence electrons. The second kappa shape index (κ2) is 6.99. The number of hydrogen-bond acceptors (Lipinski definition) is 9. The molecular formula is C12H21FO9. The van der Waals surface area contributed by atoms with E-state index in [9.17, 15) is 29.9 Å². The van der Waals surface area contributed by atoms with E-state index >= 15 is 0 Å². The minimum absolute atomic E-state index is 0.744. The number of halogens is 1. The minimum atomic E-state index is -2.02. The van der Waals surface area contributed by atoms with E-state index in [-0.39, 0.29) is 0 Å². The van der Waals surface area contributed by atoms with Gasteiger partial charge in [-0.05, 0) is 6.92 Å². The van der Waals surface area contributed by atoms with Crippen molar-refractivity contribution >= 4 is 0 Å². The molecule has 0 aromatic rings. The molecule has 2 aliphatic rings. The summed E-state index contributed by atoms with van der Waals surface area (Å²) < 4.78 is 28.9. The summed E-state index contributed by atoms with van der Waals surface area (Å²) in [6.07, 6.45) is -15.6. The average molecular weight is 328 g/mol. The molecule has 0 aromatic heterocycles. The van der Waals surface area contributed by atoms with Crippen molar-refractivity contribution < 1.29 is 49.2 Å². The fraction of sp³-hybridized carbons (Fsp3) is 1.00. The third-order valence-corrected chi connectivity index (χ3v) is 3.89. The van der Waals surface area contributed by atoms with Gasteiger partial charge in [-0.2, -0.15) is 0 Å².